The van der Waals surface area contributed by atoms with E-state index in [4.69, 9.17) is 5.73 Å². The van der Waals surface area contributed by atoms with Gasteiger partial charge in [0.2, 0.25) is 0 Å². The molecule has 0 saturated carbocycles. The smallest absolute Gasteiger partial charge is 0.142 e. The van der Waals surface area contributed by atoms with E-state index >= 15 is 0 Å². The second kappa shape index (κ2) is 5.01. The second-order valence-electron chi connectivity index (χ2n) is 3.21. The Labute approximate surface area is 109 Å². The fraction of sp³-hybridized carbons (Fsp3) is 0. The molecule has 1 heterocycles. The summed E-state index contributed by atoms with van der Waals surface area (Å²) in [5.41, 5.74) is 5.40. The molecule has 0 saturated heterocycles. The van der Waals surface area contributed by atoms with E-state index in [1.807, 2.05) is 0 Å². The van der Waals surface area contributed by atoms with Crippen LogP contribution >= 0.6 is 27.7 Å². The van der Waals surface area contributed by atoms with Gasteiger partial charge < -0.3 is 5.73 Å². The second-order valence-corrected chi connectivity index (χ2v) is 5.06. The predicted molar refractivity (Wildman–Crippen MR) is 66.8 cm³/mol. The van der Waals surface area contributed by atoms with Crippen LogP contribution in [0.1, 0.15) is 0 Å². The minimum Gasteiger partial charge on any atom is -0.399 e. The van der Waals surface area contributed by atoms with Crippen molar-refractivity contribution in [3.05, 3.63) is 46.6 Å². The molecule has 88 valence electrons. The first kappa shape index (κ1) is 12.3. The van der Waals surface area contributed by atoms with Gasteiger partial charge in [-0.15, -0.1) is 0 Å². The quantitative estimate of drug-likeness (QED) is 0.855. The van der Waals surface area contributed by atoms with E-state index in [0.29, 0.717) is 9.50 Å². The lowest BCUT2D eigenvalue weighted by atomic mass is 10.3. The lowest BCUT2D eigenvalue weighted by Crippen LogP contribution is -1.93. The van der Waals surface area contributed by atoms with E-state index < -0.39 is 11.6 Å². The maximum atomic E-state index is 13.5. The summed E-state index contributed by atoms with van der Waals surface area (Å²) in [6.45, 7) is 0. The van der Waals surface area contributed by atoms with Crippen LogP contribution in [0.3, 0.4) is 0 Å². The molecule has 0 amide bonds. The molecule has 6 heteroatoms. The van der Waals surface area contributed by atoms with Crippen molar-refractivity contribution in [1.29, 1.82) is 0 Å². The Morgan fingerprint density at radius 1 is 1.24 bits per heavy atom. The number of nitrogen functional groups attached to an aromatic ring is 1. The third-order valence-corrected chi connectivity index (χ3v) is 3.96. The zero-order valence-electron chi connectivity index (χ0n) is 8.45. The molecule has 0 unspecified atom stereocenters. The molecule has 0 bridgehead atoms. The van der Waals surface area contributed by atoms with Crippen LogP contribution in [0, 0.1) is 11.6 Å². The first-order valence-corrected chi connectivity index (χ1v) is 6.22. The Kier molecular flexibility index (Phi) is 3.63. The zero-order valence-corrected chi connectivity index (χ0v) is 10.9. The van der Waals surface area contributed by atoms with Crippen molar-refractivity contribution in [2.45, 2.75) is 9.92 Å². The highest BCUT2D eigenvalue weighted by atomic mass is 79.9. The highest BCUT2D eigenvalue weighted by molar-refractivity contribution is 9.10. The van der Waals surface area contributed by atoms with Gasteiger partial charge in [0, 0.05) is 11.9 Å². The van der Waals surface area contributed by atoms with E-state index in [1.165, 1.54) is 0 Å². The first-order valence-electron chi connectivity index (χ1n) is 4.61. The number of aromatic nitrogens is 1. The van der Waals surface area contributed by atoms with Crippen molar-refractivity contribution in [2.24, 2.45) is 0 Å². The molecule has 0 fully saturated rings. The Balaban J connectivity index is 2.40. The fourth-order valence-corrected chi connectivity index (χ4v) is 2.50. The van der Waals surface area contributed by atoms with Crippen LogP contribution in [-0.4, -0.2) is 4.98 Å². The molecule has 0 aliphatic heterocycles. The van der Waals surface area contributed by atoms with Crippen LogP contribution in [0.5, 0.6) is 0 Å². The molecule has 1 aromatic heterocycles. The van der Waals surface area contributed by atoms with Crippen molar-refractivity contribution >= 4 is 33.4 Å². The van der Waals surface area contributed by atoms with Gasteiger partial charge in [0.1, 0.15) is 16.7 Å². The predicted octanol–water partition coefficient (Wildman–Crippen LogP) is 3.86. The van der Waals surface area contributed by atoms with Crippen LogP contribution in [0.15, 0.2) is 44.9 Å². The van der Waals surface area contributed by atoms with Gasteiger partial charge in [-0.25, -0.2) is 13.8 Å². The summed E-state index contributed by atoms with van der Waals surface area (Å²) in [7, 11) is 0. The van der Waals surface area contributed by atoms with E-state index in [0.717, 1.165) is 23.9 Å². The van der Waals surface area contributed by atoms with E-state index in [-0.39, 0.29) is 10.6 Å². The van der Waals surface area contributed by atoms with E-state index in [2.05, 4.69) is 20.9 Å². The molecule has 2 nitrogen and oxygen atoms in total. The number of pyridine rings is 1. The van der Waals surface area contributed by atoms with Gasteiger partial charge in [0.25, 0.3) is 0 Å². The number of benzene rings is 1. The molecule has 0 aliphatic carbocycles. The van der Waals surface area contributed by atoms with Gasteiger partial charge in [-0.3, -0.25) is 0 Å². The summed E-state index contributed by atoms with van der Waals surface area (Å²) in [4.78, 5) is 3.92. The van der Waals surface area contributed by atoms with Crippen molar-refractivity contribution < 1.29 is 8.78 Å². The number of hydrogen-bond acceptors (Lipinski definition) is 3. The number of rotatable bonds is 2. The molecule has 0 radical (unpaired) electrons. The van der Waals surface area contributed by atoms with Crippen LogP contribution in [-0.2, 0) is 0 Å². The maximum Gasteiger partial charge on any atom is 0.142 e. The van der Waals surface area contributed by atoms with Gasteiger partial charge in [-0.05, 0) is 40.2 Å². The van der Waals surface area contributed by atoms with Crippen molar-refractivity contribution in [2.75, 3.05) is 5.73 Å². The maximum absolute atomic E-state index is 13.5. The minimum absolute atomic E-state index is 0.0597. The molecule has 0 spiro atoms. The normalized spacial score (nSPS) is 10.5. The van der Waals surface area contributed by atoms with Gasteiger partial charge in [0.15, 0.2) is 0 Å². The highest BCUT2D eigenvalue weighted by Gasteiger charge is 2.14. The Bertz CT molecular complexity index is 540. The minimum atomic E-state index is -0.690. The topological polar surface area (TPSA) is 38.9 Å². The zero-order chi connectivity index (χ0) is 12.4. The Hall–Kier alpha value is -1.14. The Morgan fingerprint density at radius 3 is 2.47 bits per heavy atom. The number of anilines is 1. The number of nitrogens with zero attached hydrogens (tertiary/aromatic N) is 1. The third kappa shape index (κ3) is 2.76. The van der Waals surface area contributed by atoms with E-state index in [9.17, 15) is 8.78 Å². The van der Waals surface area contributed by atoms with Gasteiger partial charge >= 0.3 is 0 Å². The molecule has 0 aliphatic rings. The molecule has 0 atom stereocenters. The lowest BCUT2D eigenvalue weighted by Gasteiger charge is -2.06. The molecule has 1 aromatic carbocycles. The summed E-state index contributed by atoms with van der Waals surface area (Å²) < 4.78 is 27.8. The first-order chi connectivity index (χ1) is 8.08. The van der Waals surface area contributed by atoms with Crippen molar-refractivity contribution in [3.63, 3.8) is 0 Å². The summed E-state index contributed by atoms with van der Waals surface area (Å²) in [5.74, 6) is -1.38. The molecular formula is C11H7BrF2N2S. The molecule has 17 heavy (non-hydrogen) atoms. The molecule has 2 rings (SSSR count). The van der Waals surface area contributed by atoms with E-state index in [1.54, 1.807) is 18.3 Å². The van der Waals surface area contributed by atoms with Crippen LogP contribution in [0.25, 0.3) is 0 Å². The largest absolute Gasteiger partial charge is 0.399 e. The lowest BCUT2D eigenvalue weighted by molar-refractivity contribution is 0.541. The summed E-state index contributed by atoms with van der Waals surface area (Å²) in [6, 6.07) is 5.65. The SMILES string of the molecule is Nc1cc(F)c(Sc2ncccc2Br)c(F)c1. The number of halogens is 3. The summed E-state index contributed by atoms with van der Waals surface area (Å²) >= 11 is 4.18. The molecule has 2 aromatic rings. The third-order valence-electron chi connectivity index (χ3n) is 1.94. The van der Waals surface area contributed by atoms with Gasteiger partial charge in [0.05, 0.1) is 9.37 Å². The van der Waals surface area contributed by atoms with Gasteiger partial charge in [-0.1, -0.05) is 11.8 Å². The van der Waals surface area contributed by atoms with Crippen LogP contribution in [0.2, 0.25) is 0 Å². The summed E-state index contributed by atoms with van der Waals surface area (Å²) in [6.07, 6.45) is 1.56. The average Bonchev–Trinajstić information content (AvgIpc) is 2.25. The van der Waals surface area contributed by atoms with Crippen LogP contribution in [0.4, 0.5) is 14.5 Å². The number of nitrogens with two attached hydrogens (primary N) is 1. The van der Waals surface area contributed by atoms with Crippen molar-refractivity contribution in [1.82, 2.24) is 4.98 Å². The summed E-state index contributed by atoms with van der Waals surface area (Å²) in [5, 5.41) is 0.495. The van der Waals surface area contributed by atoms with Crippen LogP contribution < -0.4 is 5.73 Å². The fourth-order valence-electron chi connectivity index (χ4n) is 1.22. The standard InChI is InChI=1S/C11H7BrF2N2S/c12-7-2-1-3-16-11(7)17-10-8(13)4-6(15)5-9(10)14/h1-5H,15H2. The Morgan fingerprint density at radius 2 is 1.88 bits per heavy atom. The monoisotopic (exact) mass is 316 g/mol. The molecular weight excluding hydrogens is 310 g/mol. The van der Waals surface area contributed by atoms with Gasteiger partial charge in [-0.2, -0.15) is 0 Å². The highest BCUT2D eigenvalue weighted by Crippen LogP contribution is 2.35. The molecule has 2 N–H and O–H groups in total. The number of hydrogen-bond donors (Lipinski definition) is 1. The average molecular weight is 317 g/mol. The van der Waals surface area contributed by atoms with Crippen molar-refractivity contribution in [3.8, 4) is 0 Å².